The molecule has 0 spiro atoms. The van der Waals surface area contributed by atoms with E-state index in [4.69, 9.17) is 15.3 Å². The van der Waals surface area contributed by atoms with Gasteiger partial charge < -0.3 is 25.0 Å². The number of H-pyrrole nitrogens is 1. The summed E-state index contributed by atoms with van der Waals surface area (Å²) in [6, 6.07) is 7.34. The molecule has 1 aliphatic heterocycles. The van der Waals surface area contributed by atoms with E-state index >= 15 is 0 Å². The van der Waals surface area contributed by atoms with E-state index < -0.39 is 12.2 Å². The maximum absolute atomic E-state index is 11.7. The molecule has 0 radical (unpaired) electrons. The molecule has 8 nitrogen and oxygen atoms in total. The van der Waals surface area contributed by atoms with Crippen molar-refractivity contribution in [3.63, 3.8) is 0 Å². The van der Waals surface area contributed by atoms with Crippen molar-refractivity contribution in [2.24, 2.45) is 0 Å². The fourth-order valence-corrected chi connectivity index (χ4v) is 2.75. The highest BCUT2D eigenvalue weighted by atomic mass is 32.1. The molecule has 1 aliphatic rings. The van der Waals surface area contributed by atoms with Crippen LogP contribution in [-0.4, -0.2) is 62.8 Å². The van der Waals surface area contributed by atoms with Gasteiger partial charge in [-0.1, -0.05) is 6.07 Å². The second-order valence-electron chi connectivity index (χ2n) is 4.94. The van der Waals surface area contributed by atoms with Gasteiger partial charge in [-0.25, -0.2) is 4.98 Å². The first-order valence-corrected chi connectivity index (χ1v) is 8.30. The summed E-state index contributed by atoms with van der Waals surface area (Å²) < 4.78 is 5.32. The Balaban J connectivity index is 0.000000211. The van der Waals surface area contributed by atoms with Gasteiger partial charge >= 0.3 is 0 Å². The molecule has 4 rings (SSSR count). The van der Waals surface area contributed by atoms with Crippen molar-refractivity contribution in [3.05, 3.63) is 46.2 Å². The molecule has 0 bridgehead atoms. The lowest BCUT2D eigenvalue weighted by Crippen LogP contribution is -2.22. The maximum Gasteiger partial charge on any atom is 0.269 e. The van der Waals surface area contributed by atoms with E-state index in [0.717, 1.165) is 12.6 Å². The summed E-state index contributed by atoms with van der Waals surface area (Å²) in [5.41, 5.74) is 1.28. The third-order valence-electron chi connectivity index (χ3n) is 3.24. The molecule has 3 aromatic heterocycles. The molecular formula is C16H19N3O5S. The zero-order valence-electron chi connectivity index (χ0n) is 13.5. The molecule has 4 heterocycles. The standard InChI is InChI=1S/C11H7N3OS.C4H8O3.CH4O/c15-11-9-7(4-6-16-9)13-10(14-11)8-3-1-2-5-12-8;5-3-1-7-2-4(3)6;1-2/h1-6H,(H,13,14,15);3-6H,1-2H2;2H,1H3. The Morgan fingerprint density at radius 2 is 1.92 bits per heavy atom. The Labute approximate surface area is 147 Å². The lowest BCUT2D eigenvalue weighted by molar-refractivity contribution is 0.0572. The quantitative estimate of drug-likeness (QED) is 0.491. The number of aromatic nitrogens is 3. The number of ether oxygens (including phenoxy) is 1. The second-order valence-corrected chi connectivity index (χ2v) is 5.85. The van der Waals surface area contributed by atoms with Crippen LogP contribution in [0.1, 0.15) is 0 Å². The molecule has 0 amide bonds. The number of thiophene rings is 1. The summed E-state index contributed by atoms with van der Waals surface area (Å²) in [5, 5.41) is 26.1. The Morgan fingerprint density at radius 3 is 2.48 bits per heavy atom. The van der Waals surface area contributed by atoms with Gasteiger partial charge in [-0.05, 0) is 23.6 Å². The van der Waals surface area contributed by atoms with Crippen LogP contribution in [0.5, 0.6) is 0 Å². The molecule has 2 atom stereocenters. The number of fused-ring (bicyclic) bond motifs is 1. The van der Waals surface area contributed by atoms with E-state index in [-0.39, 0.29) is 18.8 Å². The van der Waals surface area contributed by atoms with Crippen LogP contribution in [0.2, 0.25) is 0 Å². The van der Waals surface area contributed by atoms with Crippen molar-refractivity contribution < 1.29 is 20.1 Å². The minimum Gasteiger partial charge on any atom is -0.400 e. The summed E-state index contributed by atoms with van der Waals surface area (Å²) in [7, 11) is 1.00. The molecule has 134 valence electrons. The summed E-state index contributed by atoms with van der Waals surface area (Å²) in [6.45, 7) is 0.558. The van der Waals surface area contributed by atoms with Crippen molar-refractivity contribution in [2.75, 3.05) is 20.3 Å². The molecule has 2 unspecified atom stereocenters. The highest BCUT2D eigenvalue weighted by Gasteiger charge is 2.22. The van der Waals surface area contributed by atoms with Gasteiger partial charge in [0.1, 0.15) is 22.6 Å². The summed E-state index contributed by atoms with van der Waals surface area (Å²) in [4.78, 5) is 23.0. The SMILES string of the molecule is CO.O=c1[nH]c(-c2ccccn2)nc2ccsc12.OC1COCC1O. The van der Waals surface area contributed by atoms with Gasteiger partial charge in [-0.15, -0.1) is 11.3 Å². The van der Waals surface area contributed by atoms with Gasteiger partial charge in [-0.2, -0.15) is 0 Å². The molecule has 0 aromatic carbocycles. The van der Waals surface area contributed by atoms with Crippen LogP contribution in [-0.2, 0) is 4.74 Å². The lowest BCUT2D eigenvalue weighted by atomic mass is 10.3. The predicted molar refractivity (Wildman–Crippen MR) is 94.4 cm³/mol. The fourth-order valence-electron chi connectivity index (χ4n) is 2.03. The van der Waals surface area contributed by atoms with Crippen molar-refractivity contribution in [2.45, 2.75) is 12.2 Å². The van der Waals surface area contributed by atoms with Crippen molar-refractivity contribution in [1.82, 2.24) is 15.0 Å². The van der Waals surface area contributed by atoms with Gasteiger partial charge in [0.15, 0.2) is 5.82 Å². The average Bonchev–Trinajstić information content (AvgIpc) is 3.27. The third-order valence-corrected chi connectivity index (χ3v) is 4.15. The van der Waals surface area contributed by atoms with E-state index in [9.17, 15) is 4.79 Å². The summed E-state index contributed by atoms with van der Waals surface area (Å²) >= 11 is 1.39. The maximum atomic E-state index is 11.7. The molecule has 3 aromatic rings. The minimum absolute atomic E-state index is 0.111. The Kier molecular flexibility index (Phi) is 7.16. The topological polar surface area (TPSA) is 129 Å². The first kappa shape index (κ1) is 19.2. The van der Waals surface area contributed by atoms with Crippen LogP contribution < -0.4 is 5.56 Å². The predicted octanol–water partition coefficient (Wildman–Crippen LogP) is 0.394. The lowest BCUT2D eigenvalue weighted by Gasteiger charge is -2.00. The first-order valence-electron chi connectivity index (χ1n) is 7.42. The number of hydrogen-bond acceptors (Lipinski definition) is 8. The van der Waals surface area contributed by atoms with Gasteiger partial charge in [0.25, 0.3) is 5.56 Å². The smallest absolute Gasteiger partial charge is 0.269 e. The van der Waals surface area contributed by atoms with Crippen LogP contribution in [0.4, 0.5) is 0 Å². The normalized spacial score (nSPS) is 18.9. The van der Waals surface area contributed by atoms with Crippen LogP contribution in [0, 0.1) is 0 Å². The molecular weight excluding hydrogens is 346 g/mol. The third kappa shape index (κ3) is 4.91. The molecule has 25 heavy (non-hydrogen) atoms. The largest absolute Gasteiger partial charge is 0.400 e. The van der Waals surface area contributed by atoms with Crippen LogP contribution in [0.25, 0.3) is 21.7 Å². The number of nitrogens with one attached hydrogen (secondary N) is 1. The van der Waals surface area contributed by atoms with E-state index in [1.807, 2.05) is 29.6 Å². The number of aliphatic hydroxyl groups excluding tert-OH is 3. The van der Waals surface area contributed by atoms with Gasteiger partial charge in [0, 0.05) is 13.3 Å². The number of aromatic amines is 1. The number of rotatable bonds is 1. The molecule has 1 saturated heterocycles. The van der Waals surface area contributed by atoms with Gasteiger partial charge in [0.05, 0.1) is 18.7 Å². The highest BCUT2D eigenvalue weighted by molar-refractivity contribution is 7.17. The average molecular weight is 365 g/mol. The first-order chi connectivity index (χ1) is 12.1. The van der Waals surface area contributed by atoms with Crippen molar-refractivity contribution >= 4 is 21.6 Å². The fraction of sp³-hybridized carbons (Fsp3) is 0.312. The van der Waals surface area contributed by atoms with E-state index in [2.05, 4.69) is 19.7 Å². The molecule has 0 saturated carbocycles. The molecule has 4 N–H and O–H groups in total. The van der Waals surface area contributed by atoms with Crippen LogP contribution in [0.15, 0.2) is 40.6 Å². The van der Waals surface area contributed by atoms with Gasteiger partial charge in [-0.3, -0.25) is 9.78 Å². The number of aliphatic hydroxyl groups is 3. The molecule has 9 heteroatoms. The Bertz CT molecular complexity index is 828. The number of nitrogens with zero attached hydrogens (tertiary/aromatic N) is 2. The zero-order chi connectivity index (χ0) is 18.2. The van der Waals surface area contributed by atoms with Crippen LogP contribution in [0.3, 0.4) is 0 Å². The second kappa shape index (κ2) is 9.35. The van der Waals surface area contributed by atoms with E-state index in [0.29, 0.717) is 16.2 Å². The Hall–Kier alpha value is -2.17. The van der Waals surface area contributed by atoms with Gasteiger partial charge in [0.2, 0.25) is 0 Å². The number of hydrogen-bond donors (Lipinski definition) is 4. The monoisotopic (exact) mass is 365 g/mol. The number of pyridine rings is 1. The molecule has 1 fully saturated rings. The van der Waals surface area contributed by atoms with E-state index in [1.54, 1.807) is 6.20 Å². The zero-order valence-corrected chi connectivity index (χ0v) is 14.3. The summed E-state index contributed by atoms with van der Waals surface area (Å²) in [5.74, 6) is 0.511. The van der Waals surface area contributed by atoms with Crippen molar-refractivity contribution in [3.8, 4) is 11.5 Å². The van der Waals surface area contributed by atoms with Crippen molar-refractivity contribution in [1.29, 1.82) is 0 Å². The highest BCUT2D eigenvalue weighted by Crippen LogP contribution is 2.17. The Morgan fingerprint density at radius 1 is 1.20 bits per heavy atom. The summed E-state index contributed by atoms with van der Waals surface area (Å²) in [6.07, 6.45) is 0.368. The minimum atomic E-state index is -0.653. The van der Waals surface area contributed by atoms with Crippen LogP contribution >= 0.6 is 11.3 Å². The van der Waals surface area contributed by atoms with E-state index in [1.165, 1.54) is 11.3 Å². The molecule has 0 aliphatic carbocycles.